The molecule has 1 amide bonds. The van der Waals surface area contributed by atoms with Gasteiger partial charge in [-0.1, -0.05) is 24.3 Å². The van der Waals surface area contributed by atoms with Crippen LogP contribution in [0.25, 0.3) is 0 Å². The summed E-state index contributed by atoms with van der Waals surface area (Å²) in [7, 11) is 0. The van der Waals surface area contributed by atoms with Crippen LogP contribution < -0.4 is 5.48 Å². The second-order valence-electron chi connectivity index (χ2n) is 5.34. The van der Waals surface area contributed by atoms with Crippen molar-refractivity contribution in [2.75, 3.05) is 6.61 Å². The molecule has 0 spiro atoms. The number of aryl methyl sites for hydroxylation is 3. The highest BCUT2D eigenvalue weighted by Gasteiger charge is 2.03. The van der Waals surface area contributed by atoms with E-state index < -0.39 is 0 Å². The van der Waals surface area contributed by atoms with Crippen LogP contribution in [0.1, 0.15) is 36.1 Å². The first-order valence-corrected chi connectivity index (χ1v) is 7.73. The van der Waals surface area contributed by atoms with Crippen molar-refractivity contribution in [3.8, 4) is 0 Å². The molecule has 0 bridgehead atoms. The number of benzene rings is 1. The molecule has 0 aliphatic carbocycles. The van der Waals surface area contributed by atoms with Crippen molar-refractivity contribution in [2.45, 2.75) is 39.0 Å². The second-order valence-corrected chi connectivity index (χ2v) is 5.34. The Kier molecular flexibility index (Phi) is 6.71. The maximum Gasteiger partial charge on any atom is 0.243 e. The van der Waals surface area contributed by atoms with Crippen molar-refractivity contribution >= 4 is 5.91 Å². The number of amides is 1. The van der Waals surface area contributed by atoms with E-state index in [1.54, 1.807) is 6.26 Å². The average Bonchev–Trinajstić information content (AvgIpc) is 3.02. The first kappa shape index (κ1) is 16.3. The molecule has 0 fully saturated rings. The number of carbonyl (C=O) groups excluding carboxylic acids is 1. The van der Waals surface area contributed by atoms with Gasteiger partial charge >= 0.3 is 0 Å². The lowest BCUT2D eigenvalue weighted by Gasteiger charge is -2.07. The van der Waals surface area contributed by atoms with E-state index >= 15 is 0 Å². The highest BCUT2D eigenvalue weighted by molar-refractivity contribution is 5.74. The third-order valence-corrected chi connectivity index (χ3v) is 3.55. The van der Waals surface area contributed by atoms with Crippen LogP contribution in [-0.4, -0.2) is 12.5 Å². The molecule has 2 aromatic rings. The Morgan fingerprint density at radius 3 is 2.77 bits per heavy atom. The minimum Gasteiger partial charge on any atom is -0.469 e. The molecule has 118 valence electrons. The molecule has 0 aliphatic heterocycles. The number of furan rings is 1. The fourth-order valence-electron chi connectivity index (χ4n) is 2.29. The van der Waals surface area contributed by atoms with Crippen molar-refractivity contribution in [1.82, 2.24) is 5.48 Å². The van der Waals surface area contributed by atoms with Crippen molar-refractivity contribution in [2.24, 2.45) is 0 Å². The summed E-state index contributed by atoms with van der Waals surface area (Å²) in [5, 5.41) is 0. The molecule has 1 N–H and O–H groups in total. The summed E-state index contributed by atoms with van der Waals surface area (Å²) < 4.78 is 5.22. The van der Waals surface area contributed by atoms with Crippen molar-refractivity contribution in [3.63, 3.8) is 0 Å². The summed E-state index contributed by atoms with van der Waals surface area (Å²) in [5.74, 6) is 0.875. The molecular weight excluding hydrogens is 278 g/mol. The van der Waals surface area contributed by atoms with Gasteiger partial charge < -0.3 is 4.42 Å². The molecule has 0 unspecified atom stereocenters. The Morgan fingerprint density at radius 1 is 1.14 bits per heavy atom. The molecule has 4 heteroatoms. The highest BCUT2D eigenvalue weighted by atomic mass is 16.6. The number of rotatable bonds is 9. The molecule has 22 heavy (non-hydrogen) atoms. The summed E-state index contributed by atoms with van der Waals surface area (Å²) in [6.07, 6.45) is 5.51. The maximum absolute atomic E-state index is 11.7. The molecule has 1 aromatic carbocycles. The zero-order chi connectivity index (χ0) is 15.6. The predicted molar refractivity (Wildman–Crippen MR) is 85.2 cm³/mol. The summed E-state index contributed by atoms with van der Waals surface area (Å²) in [6, 6.07) is 12.1. The minimum absolute atomic E-state index is 0.0633. The summed E-state index contributed by atoms with van der Waals surface area (Å²) in [5.41, 5.74) is 5.07. The quantitative estimate of drug-likeness (QED) is 0.569. The lowest BCUT2D eigenvalue weighted by Crippen LogP contribution is -2.24. The Balaban J connectivity index is 1.52. The number of carbonyl (C=O) groups is 1. The van der Waals surface area contributed by atoms with Crippen LogP contribution in [0.4, 0.5) is 0 Å². The van der Waals surface area contributed by atoms with E-state index in [2.05, 4.69) is 24.5 Å². The molecular formula is C18H23NO3. The van der Waals surface area contributed by atoms with E-state index in [0.29, 0.717) is 13.0 Å². The summed E-state index contributed by atoms with van der Waals surface area (Å²) in [4.78, 5) is 16.8. The number of nitrogens with one attached hydrogen (secondary N) is 1. The van der Waals surface area contributed by atoms with Crippen LogP contribution in [0, 0.1) is 6.92 Å². The zero-order valence-electron chi connectivity index (χ0n) is 13.0. The second kappa shape index (κ2) is 9.05. The molecule has 0 saturated carbocycles. The maximum atomic E-state index is 11.7. The zero-order valence-corrected chi connectivity index (χ0v) is 13.0. The van der Waals surface area contributed by atoms with Gasteiger partial charge in [0.2, 0.25) is 5.91 Å². The van der Waals surface area contributed by atoms with Crippen LogP contribution >= 0.6 is 0 Å². The van der Waals surface area contributed by atoms with Gasteiger partial charge in [0.05, 0.1) is 12.9 Å². The van der Waals surface area contributed by atoms with Crippen molar-refractivity contribution in [1.29, 1.82) is 0 Å². The Hall–Kier alpha value is -2.07. The smallest absolute Gasteiger partial charge is 0.243 e. The van der Waals surface area contributed by atoms with E-state index in [1.165, 1.54) is 11.1 Å². The molecule has 1 heterocycles. The molecule has 4 nitrogen and oxygen atoms in total. The Labute approximate surface area is 131 Å². The van der Waals surface area contributed by atoms with E-state index in [0.717, 1.165) is 31.4 Å². The topological polar surface area (TPSA) is 51.5 Å². The highest BCUT2D eigenvalue weighted by Crippen LogP contribution is 2.10. The third kappa shape index (κ3) is 5.74. The molecule has 1 aromatic heterocycles. The van der Waals surface area contributed by atoms with Gasteiger partial charge in [-0.15, -0.1) is 0 Å². The van der Waals surface area contributed by atoms with Crippen LogP contribution in [0.5, 0.6) is 0 Å². The van der Waals surface area contributed by atoms with Gasteiger partial charge in [-0.2, -0.15) is 0 Å². The lowest BCUT2D eigenvalue weighted by atomic mass is 10.0. The van der Waals surface area contributed by atoms with Gasteiger partial charge in [-0.05, 0) is 49.4 Å². The van der Waals surface area contributed by atoms with Crippen molar-refractivity contribution in [3.05, 3.63) is 59.5 Å². The fraction of sp³-hybridized carbons (Fsp3) is 0.389. The van der Waals surface area contributed by atoms with Gasteiger partial charge in [0.15, 0.2) is 0 Å². The predicted octanol–water partition coefficient (Wildman–Crippen LogP) is 3.59. The SMILES string of the molecule is Cc1ccccc1CCCC(=O)NOCCCc1ccco1. The fourth-order valence-corrected chi connectivity index (χ4v) is 2.29. The largest absolute Gasteiger partial charge is 0.469 e. The molecule has 0 saturated heterocycles. The van der Waals surface area contributed by atoms with E-state index in [-0.39, 0.29) is 5.91 Å². The van der Waals surface area contributed by atoms with E-state index in [1.807, 2.05) is 24.3 Å². The Bertz CT molecular complexity index is 563. The first-order valence-electron chi connectivity index (χ1n) is 7.73. The monoisotopic (exact) mass is 301 g/mol. The molecule has 2 rings (SSSR count). The van der Waals surface area contributed by atoms with Crippen LogP contribution in [0.3, 0.4) is 0 Å². The standard InChI is InChI=1S/C18H23NO3/c1-15-7-2-3-8-16(15)9-4-12-18(20)19-22-14-6-11-17-10-5-13-21-17/h2-3,5,7-8,10,13H,4,6,9,11-12,14H2,1H3,(H,19,20). The van der Waals surface area contributed by atoms with Gasteiger partial charge in [0.25, 0.3) is 0 Å². The minimum atomic E-state index is -0.0633. The number of hydroxylamine groups is 1. The third-order valence-electron chi connectivity index (χ3n) is 3.55. The first-order chi connectivity index (χ1) is 10.8. The Morgan fingerprint density at radius 2 is 2.00 bits per heavy atom. The summed E-state index contributed by atoms with van der Waals surface area (Å²) >= 11 is 0. The molecule has 0 radical (unpaired) electrons. The van der Waals surface area contributed by atoms with Crippen LogP contribution in [0.15, 0.2) is 47.1 Å². The van der Waals surface area contributed by atoms with Gasteiger partial charge in [-0.3, -0.25) is 9.63 Å². The molecule has 0 aliphatic rings. The van der Waals surface area contributed by atoms with E-state index in [4.69, 9.17) is 9.25 Å². The normalized spacial score (nSPS) is 10.6. The lowest BCUT2D eigenvalue weighted by molar-refractivity contribution is -0.133. The number of hydrogen-bond acceptors (Lipinski definition) is 3. The van der Waals surface area contributed by atoms with Gasteiger partial charge in [-0.25, -0.2) is 5.48 Å². The van der Waals surface area contributed by atoms with Gasteiger partial charge in [0.1, 0.15) is 5.76 Å². The molecule has 0 atom stereocenters. The van der Waals surface area contributed by atoms with Crippen molar-refractivity contribution < 1.29 is 14.0 Å². The van der Waals surface area contributed by atoms with Gasteiger partial charge in [0, 0.05) is 12.8 Å². The number of hydrogen-bond donors (Lipinski definition) is 1. The summed E-state index contributed by atoms with van der Waals surface area (Å²) in [6.45, 7) is 2.59. The van der Waals surface area contributed by atoms with Crippen LogP contribution in [-0.2, 0) is 22.5 Å². The van der Waals surface area contributed by atoms with E-state index in [9.17, 15) is 4.79 Å². The average molecular weight is 301 g/mol. The van der Waals surface area contributed by atoms with Crippen LogP contribution in [0.2, 0.25) is 0 Å².